The van der Waals surface area contributed by atoms with Gasteiger partial charge in [-0.15, -0.1) is 0 Å². The highest BCUT2D eigenvalue weighted by atomic mass is 16.3. The Labute approximate surface area is 285 Å². The van der Waals surface area contributed by atoms with Crippen molar-refractivity contribution in [2.45, 2.75) is 231 Å². The van der Waals surface area contributed by atoms with Crippen LogP contribution in [-0.2, 0) is 4.79 Å². The first-order valence-corrected chi connectivity index (χ1v) is 20.1. The van der Waals surface area contributed by atoms with Gasteiger partial charge in [0.1, 0.15) is 6.10 Å². The predicted octanol–water partition coefficient (Wildman–Crippen LogP) is 9.85. The molecular weight excluding hydrogens is 574 g/mol. The largest absolute Gasteiger partial charge is 0.394 e. The Hall–Kier alpha value is -0.950. The summed E-state index contributed by atoms with van der Waals surface area (Å²) in [5, 5.41) is 41.5. The van der Waals surface area contributed by atoms with Crippen molar-refractivity contribution in [2.24, 2.45) is 0 Å². The van der Waals surface area contributed by atoms with E-state index in [1.165, 1.54) is 173 Å². The van der Waals surface area contributed by atoms with Gasteiger partial charge in [0.05, 0.1) is 18.8 Å². The van der Waals surface area contributed by atoms with Crippen LogP contribution >= 0.6 is 0 Å². The van der Waals surface area contributed by atoms with Gasteiger partial charge in [0.2, 0.25) is 0 Å². The number of carbonyl (C=O) groups excluding carboxylic acids is 1. The van der Waals surface area contributed by atoms with Crippen LogP contribution in [0.4, 0.5) is 0 Å². The first-order valence-electron chi connectivity index (χ1n) is 20.1. The summed E-state index contributed by atoms with van der Waals surface area (Å²) in [4.78, 5) is 12.1. The van der Waals surface area contributed by atoms with E-state index in [-0.39, 0.29) is 0 Å². The van der Waals surface area contributed by atoms with E-state index in [0.717, 1.165) is 19.3 Å². The number of rotatable bonds is 36. The molecule has 0 aromatic rings. The van der Waals surface area contributed by atoms with E-state index >= 15 is 0 Å². The van der Waals surface area contributed by atoms with Crippen molar-refractivity contribution < 1.29 is 25.2 Å². The van der Waals surface area contributed by atoms with E-state index in [9.17, 15) is 25.2 Å². The Balaban J connectivity index is 3.37. The number of aliphatic hydroxyl groups is 4. The maximum atomic E-state index is 12.1. The second-order valence-corrected chi connectivity index (χ2v) is 14.0. The van der Waals surface area contributed by atoms with Gasteiger partial charge in [0.15, 0.2) is 6.10 Å². The zero-order chi connectivity index (χ0) is 33.9. The molecule has 0 saturated carbocycles. The zero-order valence-corrected chi connectivity index (χ0v) is 30.6. The van der Waals surface area contributed by atoms with Crippen molar-refractivity contribution >= 4 is 5.91 Å². The van der Waals surface area contributed by atoms with Crippen LogP contribution < -0.4 is 5.32 Å². The quantitative estimate of drug-likeness (QED) is 0.0342. The Bertz CT molecular complexity index is 658. The minimum Gasteiger partial charge on any atom is -0.394 e. The number of hydrogen-bond donors (Lipinski definition) is 5. The molecule has 5 N–H and O–H groups in total. The van der Waals surface area contributed by atoms with E-state index in [1.54, 1.807) is 6.92 Å². The molecule has 0 rings (SSSR count). The van der Waals surface area contributed by atoms with Crippen LogP contribution in [0.5, 0.6) is 0 Å². The summed E-state index contributed by atoms with van der Waals surface area (Å²) in [6, 6.07) is -0.855. The standard InChI is InChI=1S/C40H79NO5/c1-3-5-6-7-8-9-10-11-12-13-14-15-16-17-18-19-20-21-22-23-24-25-26-27-28-29-30-31-32-33-34-38(44)39(45)40(46)41-36(35-42)37(43)4-2/h33-34,36-39,42-45H,3-32,35H2,1-2H3,(H,41,46)/b34-33+/t36-,37+,38?,39?/m0/s1. The van der Waals surface area contributed by atoms with Gasteiger partial charge in [-0.3, -0.25) is 4.79 Å². The van der Waals surface area contributed by atoms with E-state index in [0.29, 0.717) is 6.42 Å². The fourth-order valence-electron chi connectivity index (χ4n) is 6.24. The molecule has 1 amide bonds. The third-order valence-electron chi connectivity index (χ3n) is 9.56. The lowest BCUT2D eigenvalue weighted by Crippen LogP contribution is -2.51. The molecular formula is C40H79NO5. The van der Waals surface area contributed by atoms with E-state index in [1.807, 2.05) is 6.08 Å². The Kier molecular flexibility index (Phi) is 34.6. The van der Waals surface area contributed by atoms with Crippen molar-refractivity contribution in [3.05, 3.63) is 12.2 Å². The number of allylic oxidation sites excluding steroid dienone is 1. The van der Waals surface area contributed by atoms with Crippen LogP contribution in [0.15, 0.2) is 12.2 Å². The average molecular weight is 654 g/mol. The summed E-state index contributed by atoms with van der Waals surface area (Å²) in [5.41, 5.74) is 0. The topological polar surface area (TPSA) is 110 Å². The summed E-state index contributed by atoms with van der Waals surface area (Å²) in [7, 11) is 0. The van der Waals surface area contributed by atoms with Gasteiger partial charge < -0.3 is 25.7 Å². The van der Waals surface area contributed by atoms with Crippen molar-refractivity contribution in [2.75, 3.05) is 6.61 Å². The molecule has 0 aliphatic carbocycles. The molecule has 0 radical (unpaired) electrons. The van der Waals surface area contributed by atoms with Gasteiger partial charge in [-0.05, 0) is 19.3 Å². The zero-order valence-electron chi connectivity index (χ0n) is 30.6. The summed E-state index contributed by atoms with van der Waals surface area (Å²) < 4.78 is 0. The van der Waals surface area contributed by atoms with Gasteiger partial charge in [0.25, 0.3) is 5.91 Å². The molecule has 0 saturated heterocycles. The molecule has 0 aliphatic heterocycles. The molecule has 0 fully saturated rings. The summed E-state index contributed by atoms with van der Waals surface area (Å²) in [5.74, 6) is -0.797. The third-order valence-corrected chi connectivity index (χ3v) is 9.56. The van der Waals surface area contributed by atoms with Crippen LogP contribution in [0.3, 0.4) is 0 Å². The lowest BCUT2D eigenvalue weighted by Gasteiger charge is -2.23. The SMILES string of the molecule is CCCCCCCCCCCCCCCCCCCCCCCCCCCCCC/C=C/C(O)C(O)C(=O)N[C@@H](CO)[C@H](O)CC. The summed E-state index contributed by atoms with van der Waals surface area (Å²) in [6.07, 6.45) is 39.5. The molecule has 6 heteroatoms. The maximum Gasteiger partial charge on any atom is 0.252 e. The molecule has 0 heterocycles. The van der Waals surface area contributed by atoms with E-state index in [4.69, 9.17) is 0 Å². The molecule has 0 aromatic carbocycles. The smallest absolute Gasteiger partial charge is 0.252 e. The Morgan fingerprint density at radius 3 is 1.17 bits per heavy atom. The first kappa shape index (κ1) is 45.0. The van der Waals surface area contributed by atoms with Crippen LogP contribution in [0.1, 0.15) is 206 Å². The van der Waals surface area contributed by atoms with Gasteiger partial charge in [0, 0.05) is 0 Å². The highest BCUT2D eigenvalue weighted by molar-refractivity contribution is 5.81. The van der Waals surface area contributed by atoms with Gasteiger partial charge in [-0.1, -0.05) is 199 Å². The number of amides is 1. The molecule has 6 nitrogen and oxygen atoms in total. The second-order valence-electron chi connectivity index (χ2n) is 14.0. The van der Waals surface area contributed by atoms with Crippen LogP contribution in [0, 0.1) is 0 Å². The van der Waals surface area contributed by atoms with Crippen molar-refractivity contribution in [3.63, 3.8) is 0 Å². The number of aliphatic hydroxyl groups excluding tert-OH is 4. The second kappa shape index (κ2) is 35.4. The van der Waals surface area contributed by atoms with Crippen LogP contribution in [-0.4, -0.2) is 57.3 Å². The van der Waals surface area contributed by atoms with Crippen molar-refractivity contribution in [1.82, 2.24) is 5.32 Å². The molecule has 4 atom stereocenters. The normalized spacial score (nSPS) is 14.5. The fourth-order valence-corrected chi connectivity index (χ4v) is 6.24. The molecule has 0 spiro atoms. The fraction of sp³-hybridized carbons (Fsp3) is 0.925. The number of carbonyl (C=O) groups is 1. The molecule has 2 unspecified atom stereocenters. The molecule has 46 heavy (non-hydrogen) atoms. The molecule has 0 bridgehead atoms. The number of hydrogen-bond acceptors (Lipinski definition) is 5. The Morgan fingerprint density at radius 2 is 0.870 bits per heavy atom. The minimum atomic E-state index is -1.63. The minimum absolute atomic E-state index is 0.365. The predicted molar refractivity (Wildman–Crippen MR) is 196 cm³/mol. The van der Waals surface area contributed by atoms with Gasteiger partial charge >= 0.3 is 0 Å². The average Bonchev–Trinajstić information content (AvgIpc) is 3.07. The monoisotopic (exact) mass is 654 g/mol. The third kappa shape index (κ3) is 29.2. The maximum absolute atomic E-state index is 12.1. The summed E-state index contributed by atoms with van der Waals surface area (Å²) >= 11 is 0. The first-order chi connectivity index (χ1) is 22.5. The number of unbranched alkanes of at least 4 members (excludes halogenated alkanes) is 28. The van der Waals surface area contributed by atoms with Crippen LogP contribution in [0.25, 0.3) is 0 Å². The van der Waals surface area contributed by atoms with Crippen molar-refractivity contribution in [3.8, 4) is 0 Å². The van der Waals surface area contributed by atoms with Gasteiger partial charge in [-0.25, -0.2) is 0 Å². The van der Waals surface area contributed by atoms with E-state index in [2.05, 4.69) is 12.2 Å². The molecule has 274 valence electrons. The Morgan fingerprint density at radius 1 is 0.543 bits per heavy atom. The number of nitrogens with one attached hydrogen (secondary N) is 1. The van der Waals surface area contributed by atoms with Crippen LogP contribution in [0.2, 0.25) is 0 Å². The highest BCUT2D eigenvalue weighted by Crippen LogP contribution is 2.16. The van der Waals surface area contributed by atoms with E-state index < -0.39 is 36.9 Å². The lowest BCUT2D eigenvalue weighted by molar-refractivity contribution is -0.135. The van der Waals surface area contributed by atoms with Crippen molar-refractivity contribution in [1.29, 1.82) is 0 Å². The van der Waals surface area contributed by atoms with Gasteiger partial charge in [-0.2, -0.15) is 0 Å². The summed E-state index contributed by atoms with van der Waals surface area (Å²) in [6.45, 7) is 3.60. The molecule has 0 aromatic heterocycles. The molecule has 0 aliphatic rings. The lowest BCUT2D eigenvalue weighted by atomic mass is 10.0. The highest BCUT2D eigenvalue weighted by Gasteiger charge is 2.26.